The lowest BCUT2D eigenvalue weighted by Gasteiger charge is -1.99. The maximum absolute atomic E-state index is 4.38. The lowest BCUT2D eigenvalue weighted by molar-refractivity contribution is 0.684. The van der Waals surface area contributed by atoms with Gasteiger partial charge in [-0.2, -0.15) is 15.0 Å². The Morgan fingerprint density at radius 2 is 2.06 bits per heavy atom. The van der Waals surface area contributed by atoms with Crippen LogP contribution in [0.25, 0.3) is 5.69 Å². The fourth-order valence-electron chi connectivity index (χ4n) is 1.33. The molecule has 0 fully saturated rings. The van der Waals surface area contributed by atoms with Crippen molar-refractivity contribution in [1.82, 2.24) is 20.3 Å². The molecule has 2 rings (SSSR count). The SMILES string of the molecule is CCNCc1cnn(-c2ccc(Br)cc2)n1. The highest BCUT2D eigenvalue weighted by molar-refractivity contribution is 9.10. The summed E-state index contributed by atoms with van der Waals surface area (Å²) < 4.78 is 1.05. The first-order chi connectivity index (χ1) is 7.79. The fraction of sp³-hybridized carbons (Fsp3) is 0.273. The molecule has 0 amide bonds. The molecule has 0 aliphatic heterocycles. The van der Waals surface area contributed by atoms with E-state index in [4.69, 9.17) is 0 Å². The van der Waals surface area contributed by atoms with Crippen molar-refractivity contribution in [3.8, 4) is 5.69 Å². The van der Waals surface area contributed by atoms with Gasteiger partial charge in [0, 0.05) is 11.0 Å². The largest absolute Gasteiger partial charge is 0.311 e. The van der Waals surface area contributed by atoms with Gasteiger partial charge < -0.3 is 5.32 Å². The minimum Gasteiger partial charge on any atom is -0.311 e. The molecule has 0 radical (unpaired) electrons. The number of aromatic nitrogens is 3. The molecule has 0 bridgehead atoms. The summed E-state index contributed by atoms with van der Waals surface area (Å²) in [4.78, 5) is 1.64. The second-order valence-corrected chi connectivity index (χ2v) is 4.30. The van der Waals surface area contributed by atoms with Crippen molar-refractivity contribution in [3.63, 3.8) is 0 Å². The van der Waals surface area contributed by atoms with E-state index in [9.17, 15) is 0 Å². The van der Waals surface area contributed by atoms with Crippen molar-refractivity contribution < 1.29 is 0 Å². The standard InChI is InChI=1S/C11H13BrN4/c1-2-13-7-10-8-14-16(15-10)11-5-3-9(12)4-6-11/h3-6,8,13H,2,7H2,1H3. The molecule has 5 heteroatoms. The summed E-state index contributed by atoms with van der Waals surface area (Å²) in [6.45, 7) is 3.76. The third-order valence-corrected chi connectivity index (χ3v) is 2.68. The zero-order valence-corrected chi connectivity index (χ0v) is 10.6. The van der Waals surface area contributed by atoms with Crippen LogP contribution in [-0.2, 0) is 6.54 Å². The zero-order chi connectivity index (χ0) is 11.4. The van der Waals surface area contributed by atoms with Gasteiger partial charge in [0.15, 0.2) is 0 Å². The Hall–Kier alpha value is -1.20. The van der Waals surface area contributed by atoms with Gasteiger partial charge in [-0.15, -0.1) is 0 Å². The molecule has 0 aliphatic carbocycles. The van der Waals surface area contributed by atoms with E-state index >= 15 is 0 Å². The zero-order valence-electron chi connectivity index (χ0n) is 9.02. The summed E-state index contributed by atoms with van der Waals surface area (Å²) in [6, 6.07) is 7.90. The summed E-state index contributed by atoms with van der Waals surface area (Å²) in [6.07, 6.45) is 1.78. The van der Waals surface area contributed by atoms with E-state index < -0.39 is 0 Å². The van der Waals surface area contributed by atoms with Crippen molar-refractivity contribution in [3.05, 3.63) is 40.6 Å². The van der Waals surface area contributed by atoms with Crippen LogP contribution in [-0.4, -0.2) is 21.5 Å². The highest BCUT2D eigenvalue weighted by Gasteiger charge is 2.01. The Balaban J connectivity index is 2.15. The van der Waals surface area contributed by atoms with Gasteiger partial charge in [-0.05, 0) is 30.8 Å². The first-order valence-electron chi connectivity index (χ1n) is 5.17. The lowest BCUT2D eigenvalue weighted by atomic mass is 10.3. The van der Waals surface area contributed by atoms with Crippen molar-refractivity contribution in [2.45, 2.75) is 13.5 Å². The lowest BCUT2D eigenvalue weighted by Crippen LogP contribution is -2.12. The second kappa shape index (κ2) is 5.23. The molecule has 0 atom stereocenters. The van der Waals surface area contributed by atoms with Gasteiger partial charge in [0.2, 0.25) is 0 Å². The Morgan fingerprint density at radius 1 is 1.31 bits per heavy atom. The van der Waals surface area contributed by atoms with E-state index in [-0.39, 0.29) is 0 Å². The van der Waals surface area contributed by atoms with Gasteiger partial charge in [-0.1, -0.05) is 22.9 Å². The van der Waals surface area contributed by atoms with Crippen LogP contribution in [0.5, 0.6) is 0 Å². The molecule has 0 saturated heterocycles. The number of halogens is 1. The van der Waals surface area contributed by atoms with Crippen molar-refractivity contribution in [2.24, 2.45) is 0 Å². The molecule has 4 nitrogen and oxygen atoms in total. The van der Waals surface area contributed by atoms with Crippen LogP contribution in [0, 0.1) is 0 Å². The normalized spacial score (nSPS) is 10.6. The maximum atomic E-state index is 4.38. The number of hydrogen-bond acceptors (Lipinski definition) is 3. The van der Waals surface area contributed by atoms with Crippen LogP contribution >= 0.6 is 15.9 Å². The Labute approximate surface area is 103 Å². The average Bonchev–Trinajstić information content (AvgIpc) is 2.76. The minimum absolute atomic E-state index is 0.757. The summed E-state index contributed by atoms with van der Waals surface area (Å²) in [5.41, 5.74) is 1.91. The highest BCUT2D eigenvalue weighted by atomic mass is 79.9. The third-order valence-electron chi connectivity index (χ3n) is 2.15. The van der Waals surface area contributed by atoms with E-state index in [1.54, 1.807) is 11.0 Å². The number of nitrogens with zero attached hydrogens (tertiary/aromatic N) is 3. The maximum Gasteiger partial charge on any atom is 0.0969 e. The number of nitrogens with one attached hydrogen (secondary N) is 1. The molecule has 1 aromatic carbocycles. The fourth-order valence-corrected chi connectivity index (χ4v) is 1.59. The van der Waals surface area contributed by atoms with E-state index in [2.05, 4.69) is 38.4 Å². The number of hydrogen-bond donors (Lipinski definition) is 1. The van der Waals surface area contributed by atoms with Crippen LogP contribution in [0.15, 0.2) is 34.9 Å². The van der Waals surface area contributed by atoms with E-state index in [0.29, 0.717) is 0 Å². The Kier molecular flexibility index (Phi) is 3.69. The summed E-state index contributed by atoms with van der Waals surface area (Å²) in [5, 5.41) is 11.8. The van der Waals surface area contributed by atoms with Gasteiger partial charge in [0.25, 0.3) is 0 Å². The Bertz CT molecular complexity index is 449. The molecule has 0 spiro atoms. The highest BCUT2D eigenvalue weighted by Crippen LogP contribution is 2.12. The monoisotopic (exact) mass is 280 g/mol. The molecule has 2 aromatic rings. The van der Waals surface area contributed by atoms with Crippen LogP contribution < -0.4 is 5.32 Å². The molecule has 1 N–H and O–H groups in total. The van der Waals surface area contributed by atoms with Crippen molar-refractivity contribution in [1.29, 1.82) is 0 Å². The van der Waals surface area contributed by atoms with Crippen LogP contribution in [0.1, 0.15) is 12.6 Å². The molecule has 16 heavy (non-hydrogen) atoms. The Morgan fingerprint density at radius 3 is 2.75 bits per heavy atom. The van der Waals surface area contributed by atoms with E-state index in [1.165, 1.54) is 0 Å². The number of rotatable bonds is 4. The number of benzene rings is 1. The molecule has 1 heterocycles. The molecule has 0 aliphatic rings. The molecule has 84 valence electrons. The summed E-state index contributed by atoms with van der Waals surface area (Å²) in [5.74, 6) is 0. The van der Waals surface area contributed by atoms with Crippen LogP contribution in [0.4, 0.5) is 0 Å². The minimum atomic E-state index is 0.757. The molecular formula is C11H13BrN4. The van der Waals surface area contributed by atoms with Crippen LogP contribution in [0.3, 0.4) is 0 Å². The molecule has 1 aromatic heterocycles. The first-order valence-corrected chi connectivity index (χ1v) is 5.97. The molecular weight excluding hydrogens is 268 g/mol. The third kappa shape index (κ3) is 2.68. The average molecular weight is 281 g/mol. The summed E-state index contributed by atoms with van der Waals surface area (Å²) >= 11 is 3.40. The summed E-state index contributed by atoms with van der Waals surface area (Å²) in [7, 11) is 0. The van der Waals surface area contributed by atoms with Gasteiger partial charge in [-0.25, -0.2) is 0 Å². The predicted molar refractivity (Wildman–Crippen MR) is 66.4 cm³/mol. The smallest absolute Gasteiger partial charge is 0.0969 e. The predicted octanol–water partition coefficient (Wildman–Crippen LogP) is 2.14. The first kappa shape index (κ1) is 11.3. The molecule has 0 saturated carbocycles. The quantitative estimate of drug-likeness (QED) is 0.933. The molecule has 0 unspecified atom stereocenters. The van der Waals surface area contributed by atoms with E-state index in [1.807, 2.05) is 24.3 Å². The second-order valence-electron chi connectivity index (χ2n) is 3.38. The topological polar surface area (TPSA) is 42.7 Å². The van der Waals surface area contributed by atoms with Crippen molar-refractivity contribution in [2.75, 3.05) is 6.54 Å². The van der Waals surface area contributed by atoms with Gasteiger partial charge >= 0.3 is 0 Å². The van der Waals surface area contributed by atoms with Crippen molar-refractivity contribution >= 4 is 15.9 Å². The van der Waals surface area contributed by atoms with Gasteiger partial charge in [-0.3, -0.25) is 0 Å². The van der Waals surface area contributed by atoms with Gasteiger partial charge in [0.1, 0.15) is 0 Å². The van der Waals surface area contributed by atoms with E-state index in [0.717, 1.165) is 28.9 Å². The van der Waals surface area contributed by atoms with Crippen LogP contribution in [0.2, 0.25) is 0 Å². The van der Waals surface area contributed by atoms with Gasteiger partial charge in [0.05, 0.1) is 17.6 Å².